The number of alkyl halides is 3. The van der Waals surface area contributed by atoms with Crippen LogP contribution in [0.3, 0.4) is 0 Å². The number of carbonyl (C=O) groups is 1. The van der Waals surface area contributed by atoms with E-state index in [0.717, 1.165) is 18.2 Å². The van der Waals surface area contributed by atoms with Crippen LogP contribution in [-0.2, 0) is 0 Å². The van der Waals surface area contributed by atoms with Crippen LogP contribution in [-0.4, -0.2) is 33.9 Å². The SMILES string of the molecule is O=C(O)c1ccc(OCCSC(F)(F)F)c([N+](=O)[O-])c1. The average molecular weight is 311 g/mol. The van der Waals surface area contributed by atoms with Gasteiger partial charge in [0, 0.05) is 11.8 Å². The molecule has 0 aromatic heterocycles. The summed E-state index contributed by atoms with van der Waals surface area (Å²) in [4.78, 5) is 20.5. The van der Waals surface area contributed by atoms with Crippen LogP contribution in [0.2, 0.25) is 0 Å². The number of rotatable bonds is 6. The van der Waals surface area contributed by atoms with Crippen LogP contribution in [0.5, 0.6) is 5.75 Å². The van der Waals surface area contributed by atoms with Gasteiger partial charge in [0.25, 0.3) is 0 Å². The van der Waals surface area contributed by atoms with Crippen LogP contribution >= 0.6 is 11.8 Å². The molecule has 0 amide bonds. The molecule has 1 N–H and O–H groups in total. The highest BCUT2D eigenvalue weighted by Gasteiger charge is 2.27. The minimum Gasteiger partial charge on any atom is -0.486 e. The van der Waals surface area contributed by atoms with Gasteiger partial charge in [-0.25, -0.2) is 4.79 Å². The molecule has 0 aliphatic heterocycles. The van der Waals surface area contributed by atoms with Crippen molar-refractivity contribution in [1.82, 2.24) is 0 Å². The quantitative estimate of drug-likeness (QED) is 0.493. The largest absolute Gasteiger partial charge is 0.486 e. The zero-order valence-corrected chi connectivity index (χ0v) is 10.5. The van der Waals surface area contributed by atoms with Crippen molar-refractivity contribution in [1.29, 1.82) is 0 Å². The smallest absolute Gasteiger partial charge is 0.441 e. The fourth-order valence-corrected chi connectivity index (χ4v) is 1.62. The molecule has 1 aromatic carbocycles. The Morgan fingerprint density at radius 2 is 2.10 bits per heavy atom. The number of thioether (sulfide) groups is 1. The fraction of sp³-hybridized carbons (Fsp3) is 0.300. The topological polar surface area (TPSA) is 89.7 Å². The Balaban J connectivity index is 2.75. The van der Waals surface area contributed by atoms with Crippen LogP contribution in [0.25, 0.3) is 0 Å². The molecule has 1 aromatic rings. The molecule has 0 saturated heterocycles. The third-order valence-electron chi connectivity index (χ3n) is 2.01. The van der Waals surface area contributed by atoms with Gasteiger partial charge < -0.3 is 9.84 Å². The number of hydrogen-bond donors (Lipinski definition) is 1. The molecule has 0 fully saturated rings. The first-order chi connectivity index (χ1) is 9.20. The molecule has 0 bridgehead atoms. The summed E-state index contributed by atoms with van der Waals surface area (Å²) in [7, 11) is 0. The van der Waals surface area contributed by atoms with E-state index in [1.807, 2.05) is 0 Å². The lowest BCUT2D eigenvalue weighted by Crippen LogP contribution is -2.08. The lowest BCUT2D eigenvalue weighted by Gasteiger charge is -2.08. The highest BCUT2D eigenvalue weighted by Crippen LogP contribution is 2.31. The number of carboxylic acids is 1. The van der Waals surface area contributed by atoms with Crippen LogP contribution in [0.1, 0.15) is 10.4 Å². The lowest BCUT2D eigenvalue weighted by molar-refractivity contribution is -0.385. The van der Waals surface area contributed by atoms with Crippen LogP contribution in [0.15, 0.2) is 18.2 Å². The molecule has 0 heterocycles. The van der Waals surface area contributed by atoms with E-state index < -0.39 is 34.4 Å². The second-order valence-corrected chi connectivity index (χ2v) is 4.55. The van der Waals surface area contributed by atoms with Crippen LogP contribution in [0, 0.1) is 10.1 Å². The highest BCUT2D eigenvalue weighted by molar-refractivity contribution is 8.00. The highest BCUT2D eigenvalue weighted by atomic mass is 32.2. The maximum atomic E-state index is 11.9. The Hall–Kier alpha value is -1.97. The third-order valence-corrected chi connectivity index (χ3v) is 2.71. The van der Waals surface area contributed by atoms with Crippen molar-refractivity contribution >= 4 is 23.4 Å². The van der Waals surface area contributed by atoms with E-state index in [0.29, 0.717) is 0 Å². The summed E-state index contributed by atoms with van der Waals surface area (Å²) < 4.78 is 40.5. The molecule has 0 saturated carbocycles. The number of nitro benzene ring substituents is 1. The first-order valence-electron chi connectivity index (χ1n) is 5.06. The summed E-state index contributed by atoms with van der Waals surface area (Å²) in [5, 5.41) is 19.4. The lowest BCUT2D eigenvalue weighted by atomic mass is 10.2. The number of nitrogens with zero attached hydrogens (tertiary/aromatic N) is 1. The van der Waals surface area contributed by atoms with Crippen molar-refractivity contribution in [3.05, 3.63) is 33.9 Å². The predicted octanol–water partition coefficient (Wildman–Crippen LogP) is 2.92. The van der Waals surface area contributed by atoms with E-state index in [1.165, 1.54) is 0 Å². The third kappa shape index (κ3) is 4.96. The van der Waals surface area contributed by atoms with E-state index in [4.69, 9.17) is 9.84 Å². The number of hydrogen-bond acceptors (Lipinski definition) is 5. The Bertz CT molecular complexity index is 520. The predicted molar refractivity (Wildman–Crippen MR) is 64.1 cm³/mol. The molecule has 6 nitrogen and oxygen atoms in total. The van der Waals surface area contributed by atoms with Crippen LogP contribution < -0.4 is 4.74 Å². The van der Waals surface area contributed by atoms with Gasteiger partial charge in [-0.15, -0.1) is 0 Å². The van der Waals surface area contributed by atoms with Crippen molar-refractivity contribution in [3.8, 4) is 5.75 Å². The summed E-state index contributed by atoms with van der Waals surface area (Å²) in [6, 6.07) is 2.90. The summed E-state index contributed by atoms with van der Waals surface area (Å²) in [5.41, 5.74) is -5.32. The first-order valence-corrected chi connectivity index (χ1v) is 6.04. The molecule has 0 atom stereocenters. The van der Waals surface area contributed by atoms with E-state index in [2.05, 4.69) is 0 Å². The summed E-state index contributed by atoms with van der Waals surface area (Å²) in [5.74, 6) is -2.06. The number of aromatic carboxylic acids is 1. The van der Waals surface area contributed by atoms with E-state index >= 15 is 0 Å². The molecule has 1 rings (SSSR count). The molecule has 110 valence electrons. The number of nitro groups is 1. The van der Waals surface area contributed by atoms with Crippen molar-refractivity contribution in [2.24, 2.45) is 0 Å². The molecule has 0 unspecified atom stereocenters. The van der Waals surface area contributed by atoms with Gasteiger partial charge in [-0.3, -0.25) is 10.1 Å². The summed E-state index contributed by atoms with van der Waals surface area (Å²) >= 11 is -0.314. The monoisotopic (exact) mass is 311 g/mol. The first kappa shape index (κ1) is 16.1. The maximum absolute atomic E-state index is 11.9. The molecular weight excluding hydrogens is 303 g/mol. The Kier molecular flexibility index (Phi) is 5.19. The van der Waals surface area contributed by atoms with Gasteiger partial charge in [0.1, 0.15) is 0 Å². The number of halogens is 3. The fourth-order valence-electron chi connectivity index (χ4n) is 1.22. The number of ether oxygens (including phenoxy) is 1. The zero-order chi connectivity index (χ0) is 15.3. The van der Waals surface area contributed by atoms with Gasteiger partial charge >= 0.3 is 17.2 Å². The molecule has 20 heavy (non-hydrogen) atoms. The van der Waals surface area contributed by atoms with Gasteiger partial charge in [0.2, 0.25) is 0 Å². The average Bonchev–Trinajstić information content (AvgIpc) is 2.33. The molecule has 0 aliphatic rings. The van der Waals surface area contributed by atoms with Gasteiger partial charge in [0.05, 0.1) is 17.1 Å². The molecule has 0 spiro atoms. The molecular formula is C10H8F3NO5S. The Morgan fingerprint density at radius 3 is 2.60 bits per heavy atom. The number of benzene rings is 1. The van der Waals surface area contributed by atoms with E-state index in [-0.39, 0.29) is 23.1 Å². The summed E-state index contributed by atoms with van der Waals surface area (Å²) in [6.45, 7) is -0.391. The molecule has 0 radical (unpaired) electrons. The van der Waals surface area contributed by atoms with E-state index in [1.54, 1.807) is 0 Å². The van der Waals surface area contributed by atoms with Gasteiger partial charge in [-0.05, 0) is 23.9 Å². The van der Waals surface area contributed by atoms with Gasteiger partial charge in [-0.1, -0.05) is 0 Å². The normalized spacial score (nSPS) is 11.2. The van der Waals surface area contributed by atoms with Crippen molar-refractivity contribution < 1.29 is 32.7 Å². The molecule has 10 heteroatoms. The van der Waals surface area contributed by atoms with Crippen molar-refractivity contribution in [2.45, 2.75) is 5.51 Å². The second kappa shape index (κ2) is 6.46. The van der Waals surface area contributed by atoms with E-state index in [9.17, 15) is 28.1 Å². The molecule has 0 aliphatic carbocycles. The zero-order valence-electron chi connectivity index (χ0n) is 9.72. The second-order valence-electron chi connectivity index (χ2n) is 3.39. The van der Waals surface area contributed by atoms with Gasteiger partial charge in [-0.2, -0.15) is 13.2 Å². The minimum absolute atomic E-state index is 0.275. The van der Waals surface area contributed by atoms with Crippen molar-refractivity contribution in [2.75, 3.05) is 12.4 Å². The standard InChI is InChI=1S/C10H8F3NO5S/c11-10(12,13)20-4-3-19-8-2-1-6(9(15)16)5-7(8)14(17)18/h1-2,5H,3-4H2,(H,15,16). The van der Waals surface area contributed by atoms with Crippen LogP contribution in [0.4, 0.5) is 18.9 Å². The van der Waals surface area contributed by atoms with Gasteiger partial charge in [0.15, 0.2) is 5.75 Å². The Morgan fingerprint density at radius 1 is 1.45 bits per heavy atom. The maximum Gasteiger partial charge on any atom is 0.441 e. The van der Waals surface area contributed by atoms with Crippen molar-refractivity contribution in [3.63, 3.8) is 0 Å². The number of carboxylic acid groups (broad SMARTS) is 1. The minimum atomic E-state index is -4.40. The summed E-state index contributed by atoms with van der Waals surface area (Å²) in [6.07, 6.45) is 0. The Labute approximate surface area is 114 Å².